The fourth-order valence-corrected chi connectivity index (χ4v) is 4.77. The second-order valence-corrected chi connectivity index (χ2v) is 9.89. The summed E-state index contributed by atoms with van der Waals surface area (Å²) >= 11 is 1.46. The largest absolute Gasteiger partial charge is 0.333 e. The highest BCUT2D eigenvalue weighted by atomic mass is 32.2. The highest BCUT2D eigenvalue weighted by molar-refractivity contribution is 8.00. The summed E-state index contributed by atoms with van der Waals surface area (Å²) in [5.74, 6) is -0.0521. The van der Waals surface area contributed by atoms with Gasteiger partial charge >= 0.3 is 0 Å². The van der Waals surface area contributed by atoms with Crippen molar-refractivity contribution in [2.45, 2.75) is 31.1 Å². The van der Waals surface area contributed by atoms with E-state index in [1.165, 1.54) is 23.9 Å². The Balaban J connectivity index is 1.51. The standard InChI is InChI=1S/C30H31FN4O2S/c1-2-3-10-19-34(30(37)22-38-26-13-8-5-9-14-26)21-29(36)32-28-20-27(23-11-6-4-7-12-23)33-35(28)25-17-15-24(31)16-18-25/h4-9,11-18,20H,2-3,10,19,21-22H2,1H3,(H,32,36). The van der Waals surface area contributed by atoms with Crippen molar-refractivity contribution in [1.29, 1.82) is 0 Å². The van der Waals surface area contributed by atoms with Crippen LogP contribution in [0.2, 0.25) is 0 Å². The fourth-order valence-electron chi connectivity index (χ4n) is 3.95. The quantitative estimate of drug-likeness (QED) is 0.169. The maximum atomic E-state index is 13.6. The first-order chi connectivity index (χ1) is 18.5. The van der Waals surface area contributed by atoms with Crippen molar-refractivity contribution in [1.82, 2.24) is 14.7 Å². The number of rotatable bonds is 12. The average molecular weight is 531 g/mol. The predicted molar refractivity (Wildman–Crippen MR) is 151 cm³/mol. The van der Waals surface area contributed by atoms with E-state index in [2.05, 4.69) is 17.3 Å². The molecule has 4 rings (SSSR count). The molecule has 8 heteroatoms. The highest BCUT2D eigenvalue weighted by Gasteiger charge is 2.20. The van der Waals surface area contributed by atoms with Gasteiger partial charge in [-0.15, -0.1) is 11.8 Å². The molecule has 0 unspecified atom stereocenters. The van der Waals surface area contributed by atoms with Gasteiger partial charge in [0.05, 0.1) is 23.7 Å². The smallest absolute Gasteiger partial charge is 0.245 e. The predicted octanol–water partition coefficient (Wildman–Crippen LogP) is 6.43. The Labute approximate surface area is 226 Å². The second-order valence-electron chi connectivity index (χ2n) is 8.84. The van der Waals surface area contributed by atoms with Crippen molar-refractivity contribution >= 4 is 29.4 Å². The third kappa shape index (κ3) is 7.55. The summed E-state index contributed by atoms with van der Waals surface area (Å²) in [7, 11) is 0. The molecule has 0 bridgehead atoms. The summed E-state index contributed by atoms with van der Waals surface area (Å²) < 4.78 is 15.1. The van der Waals surface area contributed by atoms with Crippen LogP contribution in [0.5, 0.6) is 0 Å². The summed E-state index contributed by atoms with van der Waals surface area (Å²) in [6, 6.07) is 27.1. The molecule has 0 saturated heterocycles. The normalized spacial score (nSPS) is 10.8. The summed E-state index contributed by atoms with van der Waals surface area (Å²) in [6.07, 6.45) is 2.83. The highest BCUT2D eigenvalue weighted by Crippen LogP contribution is 2.25. The third-order valence-electron chi connectivity index (χ3n) is 5.94. The van der Waals surface area contributed by atoms with Gasteiger partial charge in [0.1, 0.15) is 11.6 Å². The number of benzene rings is 3. The minimum absolute atomic E-state index is 0.0623. The number of aromatic nitrogens is 2. The lowest BCUT2D eigenvalue weighted by Crippen LogP contribution is -2.39. The molecule has 1 aromatic heterocycles. The lowest BCUT2D eigenvalue weighted by Gasteiger charge is -2.22. The number of amides is 2. The van der Waals surface area contributed by atoms with E-state index in [1.807, 2.05) is 60.7 Å². The number of anilines is 1. The van der Waals surface area contributed by atoms with Crippen LogP contribution in [0.3, 0.4) is 0 Å². The molecule has 0 saturated carbocycles. The Morgan fingerprint density at radius 2 is 1.63 bits per heavy atom. The molecule has 1 N–H and O–H groups in total. The first-order valence-corrected chi connectivity index (χ1v) is 13.7. The molecule has 0 atom stereocenters. The van der Waals surface area contributed by atoms with Gasteiger partial charge in [-0.05, 0) is 42.8 Å². The zero-order chi connectivity index (χ0) is 26.7. The first-order valence-electron chi connectivity index (χ1n) is 12.7. The van der Waals surface area contributed by atoms with Crippen LogP contribution in [0.25, 0.3) is 16.9 Å². The van der Waals surface area contributed by atoms with Crippen LogP contribution >= 0.6 is 11.8 Å². The summed E-state index contributed by atoms with van der Waals surface area (Å²) in [5.41, 5.74) is 2.16. The van der Waals surface area contributed by atoms with Crippen molar-refractivity contribution < 1.29 is 14.0 Å². The van der Waals surface area contributed by atoms with Crippen LogP contribution in [-0.4, -0.2) is 45.3 Å². The zero-order valence-electron chi connectivity index (χ0n) is 21.3. The number of carbonyl (C=O) groups is 2. The van der Waals surface area contributed by atoms with Gasteiger partial charge in [0.25, 0.3) is 0 Å². The van der Waals surface area contributed by atoms with E-state index in [9.17, 15) is 14.0 Å². The van der Waals surface area contributed by atoms with Crippen molar-refractivity contribution in [3.63, 3.8) is 0 Å². The van der Waals surface area contributed by atoms with Crippen molar-refractivity contribution in [2.24, 2.45) is 0 Å². The maximum absolute atomic E-state index is 13.6. The molecule has 0 radical (unpaired) electrons. The van der Waals surface area contributed by atoms with Gasteiger partial charge in [-0.2, -0.15) is 5.10 Å². The van der Waals surface area contributed by atoms with Crippen molar-refractivity contribution in [2.75, 3.05) is 24.2 Å². The van der Waals surface area contributed by atoms with E-state index < -0.39 is 0 Å². The van der Waals surface area contributed by atoms with Crippen LogP contribution in [0.4, 0.5) is 10.2 Å². The number of hydrogen-bond donors (Lipinski definition) is 1. The summed E-state index contributed by atoms with van der Waals surface area (Å²) in [4.78, 5) is 28.9. The molecule has 3 aromatic carbocycles. The Kier molecular flexibility index (Phi) is 9.70. The summed E-state index contributed by atoms with van der Waals surface area (Å²) in [6.45, 7) is 2.56. The molecule has 0 fully saturated rings. The molecular weight excluding hydrogens is 499 g/mol. The molecule has 0 spiro atoms. The van der Waals surface area contributed by atoms with Gasteiger partial charge in [0, 0.05) is 23.1 Å². The molecule has 2 amide bonds. The van der Waals surface area contributed by atoms with Crippen LogP contribution in [0.1, 0.15) is 26.2 Å². The average Bonchev–Trinajstić information content (AvgIpc) is 3.36. The van der Waals surface area contributed by atoms with Crippen LogP contribution < -0.4 is 5.32 Å². The SMILES string of the molecule is CCCCCN(CC(=O)Nc1cc(-c2ccccc2)nn1-c1ccc(F)cc1)C(=O)CSc1ccccc1. The number of hydrogen-bond acceptors (Lipinski definition) is 4. The van der Waals surface area contributed by atoms with Crippen molar-refractivity contribution in [3.8, 4) is 16.9 Å². The van der Waals surface area contributed by atoms with Gasteiger partial charge in [-0.1, -0.05) is 68.3 Å². The van der Waals surface area contributed by atoms with Crippen molar-refractivity contribution in [3.05, 3.63) is 96.8 Å². The first kappa shape index (κ1) is 27.1. The van der Waals surface area contributed by atoms with E-state index in [1.54, 1.807) is 27.8 Å². The van der Waals surface area contributed by atoms with E-state index in [4.69, 9.17) is 0 Å². The van der Waals surface area contributed by atoms with E-state index in [0.29, 0.717) is 23.7 Å². The third-order valence-corrected chi connectivity index (χ3v) is 6.94. The molecule has 0 aliphatic heterocycles. The fraction of sp³-hybridized carbons (Fsp3) is 0.233. The second kappa shape index (κ2) is 13.6. The number of halogens is 1. The Morgan fingerprint density at radius 1 is 0.947 bits per heavy atom. The number of nitrogens with zero attached hydrogens (tertiary/aromatic N) is 3. The van der Waals surface area contributed by atoms with Gasteiger partial charge in [0.15, 0.2) is 0 Å². The Morgan fingerprint density at radius 3 is 2.32 bits per heavy atom. The molecule has 0 aliphatic rings. The molecule has 6 nitrogen and oxygen atoms in total. The monoisotopic (exact) mass is 530 g/mol. The zero-order valence-corrected chi connectivity index (χ0v) is 22.2. The molecular formula is C30H31FN4O2S. The van der Waals surface area contributed by atoms with Gasteiger partial charge in [0.2, 0.25) is 11.8 Å². The number of thioether (sulfide) groups is 1. The van der Waals surface area contributed by atoms with E-state index >= 15 is 0 Å². The summed E-state index contributed by atoms with van der Waals surface area (Å²) in [5, 5.41) is 7.60. The van der Waals surface area contributed by atoms with E-state index in [-0.39, 0.29) is 29.9 Å². The molecule has 38 heavy (non-hydrogen) atoms. The maximum Gasteiger partial charge on any atom is 0.245 e. The van der Waals surface area contributed by atoms with Gasteiger partial charge in [-0.3, -0.25) is 9.59 Å². The number of nitrogens with one attached hydrogen (secondary N) is 1. The minimum atomic E-state index is -0.357. The minimum Gasteiger partial charge on any atom is -0.333 e. The molecule has 196 valence electrons. The topological polar surface area (TPSA) is 67.2 Å². The van der Waals surface area contributed by atoms with Crippen LogP contribution in [0, 0.1) is 5.82 Å². The van der Waals surface area contributed by atoms with Gasteiger partial charge < -0.3 is 10.2 Å². The van der Waals surface area contributed by atoms with Crippen LogP contribution in [-0.2, 0) is 9.59 Å². The van der Waals surface area contributed by atoms with Gasteiger partial charge in [-0.25, -0.2) is 9.07 Å². The molecule has 4 aromatic rings. The number of unbranched alkanes of at least 4 members (excludes halogenated alkanes) is 2. The number of carbonyl (C=O) groups excluding carboxylic acids is 2. The Bertz CT molecular complexity index is 1330. The molecule has 0 aliphatic carbocycles. The van der Waals surface area contributed by atoms with Crippen LogP contribution in [0.15, 0.2) is 95.9 Å². The van der Waals surface area contributed by atoms with E-state index in [0.717, 1.165) is 29.7 Å². The Hall–Kier alpha value is -3.91. The molecule has 1 heterocycles. The lowest BCUT2D eigenvalue weighted by molar-refractivity contribution is -0.132. The lowest BCUT2D eigenvalue weighted by atomic mass is 10.1.